The quantitative estimate of drug-likeness (QED) is 0.543. The molecular weight excluding hydrogens is 260 g/mol. The largest absolute Gasteiger partial charge is 0.545 e. The van der Waals surface area contributed by atoms with Crippen molar-refractivity contribution in [3.63, 3.8) is 0 Å². The highest BCUT2D eigenvalue weighted by molar-refractivity contribution is 6.20. The summed E-state index contributed by atoms with van der Waals surface area (Å²) in [5, 5.41) is 13.6. The van der Waals surface area contributed by atoms with E-state index in [1.54, 1.807) is 6.08 Å². The number of carboxylic acids is 1. The first-order valence-electron chi connectivity index (χ1n) is 6.71. The van der Waals surface area contributed by atoms with E-state index < -0.39 is 5.97 Å². The van der Waals surface area contributed by atoms with E-state index in [0.29, 0.717) is 5.56 Å². The molecule has 2 nitrogen and oxygen atoms in total. The molecule has 0 fully saturated rings. The lowest BCUT2D eigenvalue weighted by Gasteiger charge is -2.10. The van der Waals surface area contributed by atoms with Crippen molar-refractivity contribution >= 4 is 28.4 Å². The van der Waals surface area contributed by atoms with Gasteiger partial charge in [0.05, 0.1) is 5.97 Å². The van der Waals surface area contributed by atoms with Crippen LogP contribution in [-0.4, -0.2) is 5.97 Å². The third-order valence-electron chi connectivity index (χ3n) is 3.39. The highest BCUT2D eigenvalue weighted by Gasteiger charge is 2.04. The zero-order valence-electron chi connectivity index (χ0n) is 11.3. The molecule has 102 valence electrons. The predicted octanol–water partition coefficient (Wildman–Crippen LogP) is 3.13. The van der Waals surface area contributed by atoms with Crippen LogP contribution in [0.3, 0.4) is 0 Å². The first-order valence-corrected chi connectivity index (χ1v) is 6.71. The lowest BCUT2D eigenvalue weighted by Crippen LogP contribution is -2.23. The summed E-state index contributed by atoms with van der Waals surface area (Å²) >= 11 is 0. The Balaban J connectivity index is 2.11. The van der Waals surface area contributed by atoms with Crippen LogP contribution in [0.15, 0.2) is 72.8 Å². The van der Waals surface area contributed by atoms with E-state index in [9.17, 15) is 9.90 Å². The second kappa shape index (κ2) is 5.63. The summed E-state index contributed by atoms with van der Waals surface area (Å²) in [6, 6.07) is 22.8. The third-order valence-corrected chi connectivity index (χ3v) is 3.39. The number of carbonyl (C=O) groups excluding carboxylic acids is 1. The maximum Gasteiger partial charge on any atom is 0.0721 e. The topological polar surface area (TPSA) is 40.1 Å². The molecule has 3 aromatic carbocycles. The standard InChI is InChI=1S/C19H14O2/c20-19(21)18(12-14-6-2-1-3-7-14)17-11-10-15-8-4-5-9-16(15)13-17/h1-13H,(H,20,21)/p-1/b18-12-. The second-order valence-electron chi connectivity index (χ2n) is 4.82. The summed E-state index contributed by atoms with van der Waals surface area (Å²) in [5.74, 6) is -1.17. The van der Waals surface area contributed by atoms with Gasteiger partial charge in [0, 0.05) is 5.57 Å². The maximum atomic E-state index is 11.5. The molecule has 0 unspecified atom stereocenters. The minimum absolute atomic E-state index is 0.187. The van der Waals surface area contributed by atoms with Gasteiger partial charge in [0.25, 0.3) is 0 Å². The Kier molecular flexibility index (Phi) is 3.52. The first kappa shape index (κ1) is 13.1. The van der Waals surface area contributed by atoms with Crippen LogP contribution < -0.4 is 5.11 Å². The van der Waals surface area contributed by atoms with Crippen LogP contribution in [0.5, 0.6) is 0 Å². The highest BCUT2D eigenvalue weighted by atomic mass is 16.4. The van der Waals surface area contributed by atoms with Crippen molar-refractivity contribution in [2.24, 2.45) is 0 Å². The van der Waals surface area contributed by atoms with E-state index >= 15 is 0 Å². The monoisotopic (exact) mass is 273 g/mol. The number of carbonyl (C=O) groups is 1. The van der Waals surface area contributed by atoms with Crippen LogP contribution in [-0.2, 0) is 4.79 Å². The van der Waals surface area contributed by atoms with Crippen molar-refractivity contribution in [2.75, 3.05) is 0 Å². The van der Waals surface area contributed by atoms with Crippen molar-refractivity contribution < 1.29 is 9.90 Å². The van der Waals surface area contributed by atoms with Gasteiger partial charge in [0.1, 0.15) is 0 Å². The van der Waals surface area contributed by atoms with E-state index in [0.717, 1.165) is 16.3 Å². The SMILES string of the molecule is O=C([O-])/C(=C\c1ccccc1)c1ccc2ccccc2c1. The molecule has 0 saturated carbocycles. The van der Waals surface area contributed by atoms with Crippen LogP contribution in [0.25, 0.3) is 22.4 Å². The Hall–Kier alpha value is -2.87. The third kappa shape index (κ3) is 2.84. The van der Waals surface area contributed by atoms with Crippen molar-refractivity contribution in [1.29, 1.82) is 0 Å². The lowest BCUT2D eigenvalue weighted by molar-refractivity contribution is -0.295. The number of carboxylic acid groups (broad SMARTS) is 1. The summed E-state index contributed by atoms with van der Waals surface area (Å²) in [5.41, 5.74) is 1.68. The Morgan fingerprint density at radius 2 is 1.48 bits per heavy atom. The molecule has 3 aromatic rings. The molecule has 0 aromatic heterocycles. The van der Waals surface area contributed by atoms with E-state index in [1.165, 1.54) is 0 Å². The van der Waals surface area contributed by atoms with E-state index in [-0.39, 0.29) is 5.57 Å². The number of aliphatic carboxylic acids is 1. The first-order chi connectivity index (χ1) is 10.2. The molecule has 3 rings (SSSR count). The average molecular weight is 273 g/mol. The van der Waals surface area contributed by atoms with Crippen molar-refractivity contribution in [3.8, 4) is 0 Å². The number of hydrogen-bond acceptors (Lipinski definition) is 2. The summed E-state index contributed by atoms with van der Waals surface area (Å²) in [6.45, 7) is 0. The van der Waals surface area contributed by atoms with Crippen molar-refractivity contribution in [3.05, 3.63) is 83.9 Å². The smallest absolute Gasteiger partial charge is 0.0721 e. The number of fused-ring (bicyclic) bond motifs is 1. The van der Waals surface area contributed by atoms with Gasteiger partial charge in [-0.1, -0.05) is 66.7 Å². The number of hydrogen-bond donors (Lipinski definition) is 0. The van der Waals surface area contributed by atoms with Gasteiger partial charge in [-0.25, -0.2) is 0 Å². The Labute approximate surface area is 123 Å². The van der Waals surface area contributed by atoms with Crippen LogP contribution in [0.4, 0.5) is 0 Å². The number of rotatable bonds is 3. The average Bonchev–Trinajstić information content (AvgIpc) is 2.53. The van der Waals surface area contributed by atoms with Gasteiger partial charge >= 0.3 is 0 Å². The molecule has 0 aliphatic rings. The zero-order valence-corrected chi connectivity index (χ0v) is 11.3. The normalized spacial score (nSPS) is 11.5. The molecule has 0 bridgehead atoms. The molecule has 0 aliphatic carbocycles. The molecular formula is C19H13O2-. The van der Waals surface area contributed by atoms with Gasteiger partial charge in [-0.3, -0.25) is 0 Å². The molecule has 0 heterocycles. The van der Waals surface area contributed by atoms with Crippen LogP contribution in [0.1, 0.15) is 11.1 Å². The van der Waals surface area contributed by atoms with Gasteiger partial charge in [-0.15, -0.1) is 0 Å². The Bertz CT molecular complexity index is 817. The molecule has 21 heavy (non-hydrogen) atoms. The van der Waals surface area contributed by atoms with Crippen LogP contribution in [0, 0.1) is 0 Å². The maximum absolute atomic E-state index is 11.5. The van der Waals surface area contributed by atoms with Gasteiger partial charge in [0.15, 0.2) is 0 Å². The molecule has 0 atom stereocenters. The molecule has 2 heteroatoms. The Morgan fingerprint density at radius 1 is 0.810 bits per heavy atom. The zero-order chi connectivity index (χ0) is 14.7. The van der Waals surface area contributed by atoms with Gasteiger partial charge in [0.2, 0.25) is 0 Å². The van der Waals surface area contributed by atoms with E-state index in [4.69, 9.17) is 0 Å². The molecule has 0 saturated heterocycles. The molecule has 0 amide bonds. The van der Waals surface area contributed by atoms with Crippen LogP contribution in [0.2, 0.25) is 0 Å². The van der Waals surface area contributed by atoms with Gasteiger partial charge < -0.3 is 9.90 Å². The summed E-state index contributed by atoms with van der Waals surface area (Å²) in [7, 11) is 0. The lowest BCUT2D eigenvalue weighted by atomic mass is 9.99. The summed E-state index contributed by atoms with van der Waals surface area (Å²) in [4.78, 5) is 11.5. The molecule has 0 N–H and O–H groups in total. The highest BCUT2D eigenvalue weighted by Crippen LogP contribution is 2.23. The van der Waals surface area contributed by atoms with E-state index in [1.807, 2.05) is 72.8 Å². The second-order valence-corrected chi connectivity index (χ2v) is 4.82. The van der Waals surface area contributed by atoms with Crippen LogP contribution >= 0.6 is 0 Å². The van der Waals surface area contributed by atoms with Crippen molar-refractivity contribution in [1.82, 2.24) is 0 Å². The molecule has 0 aliphatic heterocycles. The van der Waals surface area contributed by atoms with Gasteiger partial charge in [-0.05, 0) is 34.0 Å². The summed E-state index contributed by atoms with van der Waals surface area (Å²) in [6.07, 6.45) is 1.64. The fourth-order valence-corrected chi connectivity index (χ4v) is 2.33. The summed E-state index contributed by atoms with van der Waals surface area (Å²) < 4.78 is 0. The molecule has 0 radical (unpaired) electrons. The minimum atomic E-state index is -1.17. The van der Waals surface area contributed by atoms with Gasteiger partial charge in [-0.2, -0.15) is 0 Å². The van der Waals surface area contributed by atoms with Crippen molar-refractivity contribution in [2.45, 2.75) is 0 Å². The fraction of sp³-hybridized carbons (Fsp3) is 0. The minimum Gasteiger partial charge on any atom is -0.545 e. The van der Waals surface area contributed by atoms with E-state index in [2.05, 4.69) is 0 Å². The predicted molar refractivity (Wildman–Crippen MR) is 83.3 cm³/mol. The Morgan fingerprint density at radius 3 is 2.19 bits per heavy atom. The molecule has 0 spiro atoms. The number of benzene rings is 3. The fourth-order valence-electron chi connectivity index (χ4n) is 2.33.